The lowest BCUT2D eigenvalue weighted by Crippen LogP contribution is -2.40. The Kier molecular flexibility index (Phi) is 6.17. The molecule has 0 radical (unpaired) electrons. The number of benzene rings is 1. The fourth-order valence-electron chi connectivity index (χ4n) is 3.75. The van der Waals surface area contributed by atoms with E-state index in [-0.39, 0.29) is 17.7 Å². The number of ether oxygens (including phenoxy) is 1. The monoisotopic (exact) mass is 358 g/mol. The van der Waals surface area contributed by atoms with Gasteiger partial charge in [-0.25, -0.2) is 0 Å². The summed E-state index contributed by atoms with van der Waals surface area (Å²) in [5.41, 5.74) is 1.33. The summed E-state index contributed by atoms with van der Waals surface area (Å²) in [6.07, 6.45) is 4.55. The second-order valence-corrected chi connectivity index (χ2v) is 7.74. The summed E-state index contributed by atoms with van der Waals surface area (Å²) in [5.74, 6) is 2.48. The van der Waals surface area contributed by atoms with Gasteiger partial charge in [-0.1, -0.05) is 19.1 Å². The molecule has 0 unspecified atom stereocenters. The minimum absolute atomic E-state index is 0.114. The van der Waals surface area contributed by atoms with Crippen LogP contribution in [0.5, 0.6) is 5.75 Å². The topological polar surface area (TPSA) is 58.6 Å². The summed E-state index contributed by atoms with van der Waals surface area (Å²) in [4.78, 5) is 26.1. The molecule has 26 heavy (non-hydrogen) atoms. The number of nitrogens with zero attached hydrogens (tertiary/aromatic N) is 1. The fraction of sp³-hybridized carbons (Fsp3) is 0.619. The van der Waals surface area contributed by atoms with Crippen molar-refractivity contribution < 1.29 is 14.3 Å². The van der Waals surface area contributed by atoms with Gasteiger partial charge in [0.2, 0.25) is 11.8 Å². The van der Waals surface area contributed by atoms with Crippen LogP contribution >= 0.6 is 0 Å². The van der Waals surface area contributed by atoms with Crippen LogP contribution in [0, 0.1) is 17.8 Å². The zero-order valence-corrected chi connectivity index (χ0v) is 15.9. The van der Waals surface area contributed by atoms with E-state index in [0.29, 0.717) is 24.8 Å². The molecular formula is C21H30N2O3. The highest BCUT2D eigenvalue weighted by molar-refractivity contribution is 5.82. The lowest BCUT2D eigenvalue weighted by Gasteiger charge is -2.32. The number of likely N-dealkylation sites (tertiary alicyclic amines) is 1. The lowest BCUT2D eigenvalue weighted by atomic mass is 9.90. The van der Waals surface area contributed by atoms with Crippen LogP contribution in [0.1, 0.15) is 38.2 Å². The van der Waals surface area contributed by atoms with Crippen LogP contribution in [0.2, 0.25) is 0 Å². The van der Waals surface area contributed by atoms with Crippen molar-refractivity contribution in [2.24, 2.45) is 17.8 Å². The third-order valence-corrected chi connectivity index (χ3v) is 5.74. The van der Waals surface area contributed by atoms with Gasteiger partial charge in [0.25, 0.3) is 0 Å². The molecule has 1 saturated heterocycles. The lowest BCUT2D eigenvalue weighted by molar-refractivity contribution is -0.132. The van der Waals surface area contributed by atoms with Crippen molar-refractivity contribution in [1.29, 1.82) is 0 Å². The molecular weight excluding hydrogens is 328 g/mol. The first-order valence-corrected chi connectivity index (χ1v) is 9.75. The molecule has 5 heteroatoms. The molecule has 1 aromatic rings. The Labute approximate surface area is 156 Å². The molecule has 1 aliphatic carbocycles. The molecule has 1 heterocycles. The number of methoxy groups -OCH3 is 1. The minimum Gasteiger partial charge on any atom is -0.497 e. The van der Waals surface area contributed by atoms with E-state index in [9.17, 15) is 9.59 Å². The normalized spacial score (nSPS) is 22.8. The molecule has 1 aromatic carbocycles. The summed E-state index contributed by atoms with van der Waals surface area (Å²) >= 11 is 0. The van der Waals surface area contributed by atoms with Gasteiger partial charge in [0.1, 0.15) is 5.75 Å². The molecule has 1 aliphatic heterocycles. The summed E-state index contributed by atoms with van der Waals surface area (Å²) in [6, 6.07) is 8.26. The van der Waals surface area contributed by atoms with Crippen molar-refractivity contribution in [3.05, 3.63) is 29.8 Å². The fourth-order valence-corrected chi connectivity index (χ4v) is 3.75. The van der Waals surface area contributed by atoms with Crippen molar-refractivity contribution in [2.45, 2.75) is 39.0 Å². The average Bonchev–Trinajstić information content (AvgIpc) is 3.39. The molecule has 2 atom stereocenters. The Morgan fingerprint density at radius 3 is 2.42 bits per heavy atom. The Morgan fingerprint density at radius 2 is 1.85 bits per heavy atom. The van der Waals surface area contributed by atoms with E-state index in [1.54, 1.807) is 7.11 Å². The van der Waals surface area contributed by atoms with Crippen molar-refractivity contribution in [3.8, 4) is 5.75 Å². The van der Waals surface area contributed by atoms with Crippen LogP contribution in [0.15, 0.2) is 24.3 Å². The Hall–Kier alpha value is -2.04. The third kappa shape index (κ3) is 4.99. The van der Waals surface area contributed by atoms with Gasteiger partial charge in [-0.15, -0.1) is 0 Å². The van der Waals surface area contributed by atoms with Gasteiger partial charge in [-0.05, 0) is 55.2 Å². The maximum absolute atomic E-state index is 12.3. The van der Waals surface area contributed by atoms with Crippen LogP contribution in [0.4, 0.5) is 0 Å². The summed E-state index contributed by atoms with van der Waals surface area (Å²) in [5, 5.41) is 2.90. The van der Waals surface area contributed by atoms with Gasteiger partial charge in [0.05, 0.1) is 7.11 Å². The molecule has 0 bridgehead atoms. The van der Waals surface area contributed by atoms with Gasteiger partial charge >= 0.3 is 0 Å². The largest absolute Gasteiger partial charge is 0.497 e. The van der Waals surface area contributed by atoms with E-state index in [1.165, 1.54) is 5.56 Å². The highest BCUT2D eigenvalue weighted by Crippen LogP contribution is 2.37. The van der Waals surface area contributed by atoms with E-state index >= 15 is 0 Å². The van der Waals surface area contributed by atoms with Crippen molar-refractivity contribution in [3.63, 3.8) is 0 Å². The van der Waals surface area contributed by atoms with Crippen LogP contribution in [-0.4, -0.2) is 43.5 Å². The van der Waals surface area contributed by atoms with Crippen LogP contribution in [0.3, 0.4) is 0 Å². The molecule has 2 aliphatic rings. The summed E-state index contributed by atoms with van der Waals surface area (Å²) in [6.45, 7) is 4.21. The van der Waals surface area contributed by atoms with Crippen molar-refractivity contribution >= 4 is 11.8 Å². The third-order valence-electron chi connectivity index (χ3n) is 5.74. The van der Waals surface area contributed by atoms with Gasteiger partial charge < -0.3 is 15.0 Å². The molecule has 2 amide bonds. The first-order valence-electron chi connectivity index (χ1n) is 9.75. The first kappa shape index (κ1) is 18.7. The number of piperidine rings is 1. The van der Waals surface area contributed by atoms with E-state index in [4.69, 9.17) is 4.74 Å². The van der Waals surface area contributed by atoms with Crippen LogP contribution < -0.4 is 10.1 Å². The molecule has 3 rings (SSSR count). The number of nitrogens with one attached hydrogen (secondary N) is 1. The predicted octanol–water partition coefficient (Wildman–Crippen LogP) is 2.64. The van der Waals surface area contributed by atoms with E-state index in [0.717, 1.165) is 44.5 Å². The molecule has 0 aromatic heterocycles. The number of hydrogen-bond donors (Lipinski definition) is 1. The Balaban J connectivity index is 1.34. The number of amides is 2. The SMILES string of the molecule is COc1ccc(CC2CCN(C(=O)CCNC(=O)[C@H]3C[C@H]3C)CC2)cc1. The van der Waals surface area contributed by atoms with E-state index < -0.39 is 0 Å². The molecule has 1 saturated carbocycles. The van der Waals surface area contributed by atoms with E-state index in [2.05, 4.69) is 24.4 Å². The number of hydrogen-bond acceptors (Lipinski definition) is 3. The van der Waals surface area contributed by atoms with Crippen LogP contribution in [0.25, 0.3) is 0 Å². The predicted molar refractivity (Wildman–Crippen MR) is 101 cm³/mol. The summed E-state index contributed by atoms with van der Waals surface area (Å²) in [7, 11) is 1.68. The standard InChI is InChI=1S/C21H30N2O3/c1-15-13-19(15)21(25)22-10-7-20(24)23-11-8-17(9-12-23)14-16-3-5-18(26-2)6-4-16/h3-6,15,17,19H,7-14H2,1-2H3,(H,22,25)/t15-,19+/m1/s1. The number of carbonyl (C=O) groups is 2. The Morgan fingerprint density at radius 1 is 1.19 bits per heavy atom. The first-order chi connectivity index (χ1) is 12.6. The average molecular weight is 358 g/mol. The second-order valence-electron chi connectivity index (χ2n) is 7.74. The molecule has 0 spiro atoms. The maximum atomic E-state index is 12.3. The van der Waals surface area contributed by atoms with Crippen molar-refractivity contribution in [1.82, 2.24) is 10.2 Å². The maximum Gasteiger partial charge on any atom is 0.224 e. The smallest absolute Gasteiger partial charge is 0.224 e. The minimum atomic E-state index is 0.114. The molecule has 5 nitrogen and oxygen atoms in total. The van der Waals surface area contributed by atoms with E-state index in [1.807, 2.05) is 17.0 Å². The molecule has 1 N–H and O–H groups in total. The second kappa shape index (κ2) is 8.56. The number of rotatable bonds is 7. The zero-order chi connectivity index (χ0) is 18.5. The highest BCUT2D eigenvalue weighted by atomic mass is 16.5. The van der Waals surface area contributed by atoms with Gasteiger partial charge in [0, 0.05) is 32.0 Å². The van der Waals surface area contributed by atoms with Crippen LogP contribution in [-0.2, 0) is 16.0 Å². The molecule has 142 valence electrons. The quantitative estimate of drug-likeness (QED) is 0.815. The summed E-state index contributed by atoms with van der Waals surface area (Å²) < 4.78 is 5.20. The Bertz CT molecular complexity index is 621. The number of carbonyl (C=O) groups excluding carboxylic acids is 2. The highest BCUT2D eigenvalue weighted by Gasteiger charge is 2.38. The van der Waals surface area contributed by atoms with Gasteiger partial charge in [-0.3, -0.25) is 9.59 Å². The van der Waals surface area contributed by atoms with Gasteiger partial charge in [0.15, 0.2) is 0 Å². The zero-order valence-electron chi connectivity index (χ0n) is 15.9. The van der Waals surface area contributed by atoms with Gasteiger partial charge in [-0.2, -0.15) is 0 Å². The molecule has 2 fully saturated rings. The van der Waals surface area contributed by atoms with Crippen molar-refractivity contribution in [2.75, 3.05) is 26.7 Å².